The van der Waals surface area contributed by atoms with Gasteiger partial charge in [0.1, 0.15) is 5.75 Å². The molecule has 0 bridgehead atoms. The number of hydrogen-bond donors (Lipinski definition) is 2. The average molecular weight is 397 g/mol. The van der Waals surface area contributed by atoms with Crippen molar-refractivity contribution in [2.75, 3.05) is 0 Å². The van der Waals surface area contributed by atoms with Gasteiger partial charge >= 0.3 is 0 Å². The monoisotopic (exact) mass is 396 g/mol. The molecule has 0 fully saturated rings. The van der Waals surface area contributed by atoms with Crippen molar-refractivity contribution in [3.05, 3.63) is 70.4 Å². The third-order valence-electron chi connectivity index (χ3n) is 4.68. The number of amides is 1. The smallest absolute Gasteiger partial charge is 0.251 e. The first kappa shape index (κ1) is 20.2. The Bertz CT molecular complexity index is 1020. The second kappa shape index (κ2) is 7.80. The van der Waals surface area contributed by atoms with Gasteiger partial charge in [-0.2, -0.15) is 0 Å². The molecule has 3 rings (SSSR count). The van der Waals surface area contributed by atoms with E-state index in [9.17, 15) is 9.90 Å². The van der Waals surface area contributed by atoms with Crippen molar-refractivity contribution < 1.29 is 9.90 Å². The zero-order chi connectivity index (χ0) is 20.5. The molecular weight excluding hydrogens is 372 g/mol. The maximum absolute atomic E-state index is 13.0. The van der Waals surface area contributed by atoms with Crippen LogP contribution in [0, 0.1) is 12.3 Å². The zero-order valence-corrected chi connectivity index (χ0v) is 17.3. The molecule has 4 nitrogen and oxygen atoms in total. The van der Waals surface area contributed by atoms with E-state index in [1.54, 1.807) is 12.3 Å². The van der Waals surface area contributed by atoms with Gasteiger partial charge in [-0.3, -0.25) is 9.78 Å². The summed E-state index contributed by atoms with van der Waals surface area (Å²) in [5, 5.41) is 14.4. The molecule has 0 saturated heterocycles. The van der Waals surface area contributed by atoms with E-state index in [0.717, 1.165) is 22.0 Å². The number of aryl methyl sites for hydroxylation is 1. The third-order valence-corrected chi connectivity index (χ3v) is 5.01. The summed E-state index contributed by atoms with van der Waals surface area (Å²) in [6, 6.07) is 12.4. The van der Waals surface area contributed by atoms with E-state index in [0.29, 0.717) is 17.0 Å². The molecule has 2 N–H and O–H groups in total. The Balaban J connectivity index is 1.94. The molecule has 1 heterocycles. The fourth-order valence-corrected chi connectivity index (χ4v) is 3.56. The van der Waals surface area contributed by atoms with Crippen LogP contribution in [0.25, 0.3) is 10.9 Å². The van der Waals surface area contributed by atoms with Gasteiger partial charge in [0.05, 0.1) is 11.6 Å². The van der Waals surface area contributed by atoms with Gasteiger partial charge < -0.3 is 10.4 Å². The van der Waals surface area contributed by atoms with Gasteiger partial charge in [-0.15, -0.1) is 0 Å². The van der Waals surface area contributed by atoms with Gasteiger partial charge in [0.25, 0.3) is 5.91 Å². The summed E-state index contributed by atoms with van der Waals surface area (Å²) in [6.45, 7) is 8.18. The van der Waals surface area contributed by atoms with Crippen molar-refractivity contribution in [3.8, 4) is 5.75 Å². The first-order valence-corrected chi connectivity index (χ1v) is 9.66. The van der Waals surface area contributed by atoms with Crippen LogP contribution in [0.2, 0.25) is 5.02 Å². The molecule has 0 aliphatic carbocycles. The summed E-state index contributed by atoms with van der Waals surface area (Å²) in [4.78, 5) is 17.3. The SMILES string of the molecule is Cc1cc([C@@H](CC(C)(C)C)NC(=O)c2ccc3ncccc3c2)c(Cl)cc1O. The molecule has 1 amide bonds. The molecule has 1 atom stereocenters. The fourth-order valence-electron chi connectivity index (χ4n) is 3.27. The number of aromatic hydroxyl groups is 1. The van der Waals surface area contributed by atoms with Crippen LogP contribution in [0.1, 0.15) is 54.7 Å². The second-order valence-corrected chi connectivity index (χ2v) is 8.77. The largest absolute Gasteiger partial charge is 0.508 e. The van der Waals surface area contributed by atoms with E-state index in [1.165, 1.54) is 6.07 Å². The summed E-state index contributed by atoms with van der Waals surface area (Å²) < 4.78 is 0. The van der Waals surface area contributed by atoms with Crippen molar-refractivity contribution in [2.24, 2.45) is 5.41 Å². The lowest BCUT2D eigenvalue weighted by Crippen LogP contribution is -2.31. The number of pyridine rings is 1. The number of rotatable bonds is 4. The molecule has 0 aliphatic rings. The summed E-state index contributed by atoms with van der Waals surface area (Å²) in [7, 11) is 0. The highest BCUT2D eigenvalue weighted by molar-refractivity contribution is 6.31. The number of fused-ring (bicyclic) bond motifs is 1. The number of hydrogen-bond acceptors (Lipinski definition) is 3. The van der Waals surface area contributed by atoms with E-state index in [2.05, 4.69) is 31.1 Å². The zero-order valence-electron chi connectivity index (χ0n) is 16.6. The lowest BCUT2D eigenvalue weighted by Gasteiger charge is -2.28. The highest BCUT2D eigenvalue weighted by Crippen LogP contribution is 2.36. The van der Waals surface area contributed by atoms with E-state index >= 15 is 0 Å². The molecule has 5 heteroatoms. The standard InChI is InChI=1S/C23H25ClN2O2/c1-14-10-17(18(24)12-21(14)27)20(13-23(2,3)4)26-22(28)16-7-8-19-15(11-16)6-5-9-25-19/h5-12,20,27H,13H2,1-4H3,(H,26,28)/t20-/m1/s1. The number of aromatic nitrogens is 1. The van der Waals surface area contributed by atoms with Crippen molar-refractivity contribution in [3.63, 3.8) is 0 Å². The van der Waals surface area contributed by atoms with E-state index in [-0.39, 0.29) is 23.1 Å². The number of nitrogens with one attached hydrogen (secondary N) is 1. The minimum atomic E-state index is -0.274. The molecule has 0 spiro atoms. The minimum absolute atomic E-state index is 0.0274. The predicted octanol–water partition coefficient (Wildman–Crippen LogP) is 5.81. The van der Waals surface area contributed by atoms with Gasteiger partial charge in [-0.25, -0.2) is 0 Å². The quantitative estimate of drug-likeness (QED) is 0.585. The maximum Gasteiger partial charge on any atom is 0.251 e. The normalized spacial score (nSPS) is 12.8. The minimum Gasteiger partial charge on any atom is -0.508 e. The first-order chi connectivity index (χ1) is 13.1. The van der Waals surface area contributed by atoms with E-state index in [1.807, 2.05) is 37.3 Å². The van der Waals surface area contributed by atoms with Gasteiger partial charge in [-0.05, 0) is 66.3 Å². The number of carbonyl (C=O) groups excluding carboxylic acids is 1. The van der Waals surface area contributed by atoms with Gasteiger partial charge in [0.15, 0.2) is 0 Å². The Kier molecular flexibility index (Phi) is 5.61. The topological polar surface area (TPSA) is 62.2 Å². The Morgan fingerprint density at radius 3 is 2.68 bits per heavy atom. The Morgan fingerprint density at radius 1 is 1.21 bits per heavy atom. The predicted molar refractivity (Wildman–Crippen MR) is 114 cm³/mol. The number of phenolic OH excluding ortho intramolecular Hbond substituents is 1. The molecule has 146 valence electrons. The Morgan fingerprint density at radius 2 is 1.96 bits per heavy atom. The molecule has 0 radical (unpaired) electrons. The molecule has 3 aromatic rings. The average Bonchev–Trinajstić information content (AvgIpc) is 2.62. The molecule has 1 aromatic heterocycles. The highest BCUT2D eigenvalue weighted by Gasteiger charge is 2.25. The molecular formula is C23H25ClN2O2. The Labute approximate surface area is 170 Å². The summed E-state index contributed by atoms with van der Waals surface area (Å²) in [5.41, 5.74) is 2.93. The van der Waals surface area contributed by atoms with Crippen molar-refractivity contribution >= 4 is 28.4 Å². The molecule has 0 unspecified atom stereocenters. The molecule has 0 saturated carbocycles. The summed E-state index contributed by atoms with van der Waals surface area (Å²) in [6.07, 6.45) is 2.44. The lowest BCUT2D eigenvalue weighted by atomic mass is 9.85. The van der Waals surface area contributed by atoms with E-state index < -0.39 is 0 Å². The van der Waals surface area contributed by atoms with Crippen LogP contribution >= 0.6 is 11.6 Å². The number of nitrogens with zero attached hydrogens (tertiary/aromatic N) is 1. The van der Waals surface area contributed by atoms with Crippen LogP contribution in [-0.4, -0.2) is 16.0 Å². The molecule has 0 aliphatic heterocycles. The van der Waals surface area contributed by atoms with Crippen molar-refractivity contribution in [1.82, 2.24) is 10.3 Å². The number of benzene rings is 2. The van der Waals surface area contributed by atoms with Crippen molar-refractivity contribution in [2.45, 2.75) is 40.2 Å². The Hall–Kier alpha value is -2.59. The van der Waals surface area contributed by atoms with Crippen LogP contribution in [0.3, 0.4) is 0 Å². The maximum atomic E-state index is 13.0. The number of phenols is 1. The van der Waals surface area contributed by atoms with Crippen LogP contribution in [-0.2, 0) is 0 Å². The van der Waals surface area contributed by atoms with Gasteiger partial charge in [-0.1, -0.05) is 38.4 Å². The van der Waals surface area contributed by atoms with Gasteiger partial charge in [0, 0.05) is 22.2 Å². The highest BCUT2D eigenvalue weighted by atomic mass is 35.5. The van der Waals surface area contributed by atoms with Crippen LogP contribution in [0.4, 0.5) is 0 Å². The summed E-state index contributed by atoms with van der Waals surface area (Å²) in [5.74, 6) is -0.0154. The first-order valence-electron chi connectivity index (χ1n) is 9.29. The van der Waals surface area contributed by atoms with Crippen LogP contribution in [0.5, 0.6) is 5.75 Å². The van der Waals surface area contributed by atoms with Crippen LogP contribution in [0.15, 0.2) is 48.7 Å². The van der Waals surface area contributed by atoms with Crippen molar-refractivity contribution in [1.29, 1.82) is 0 Å². The van der Waals surface area contributed by atoms with Crippen LogP contribution < -0.4 is 5.32 Å². The third kappa shape index (κ3) is 4.63. The second-order valence-electron chi connectivity index (χ2n) is 8.36. The molecule has 2 aromatic carbocycles. The number of carbonyl (C=O) groups is 1. The lowest BCUT2D eigenvalue weighted by molar-refractivity contribution is 0.0926. The van der Waals surface area contributed by atoms with Gasteiger partial charge in [0.2, 0.25) is 0 Å². The summed E-state index contributed by atoms with van der Waals surface area (Å²) >= 11 is 6.41. The fraction of sp³-hybridized carbons (Fsp3) is 0.304. The molecule has 28 heavy (non-hydrogen) atoms. The number of halogens is 1. The van der Waals surface area contributed by atoms with E-state index in [4.69, 9.17) is 11.6 Å².